The van der Waals surface area contributed by atoms with Gasteiger partial charge in [-0.3, -0.25) is 14.7 Å². The third-order valence-electron chi connectivity index (χ3n) is 3.98. The van der Waals surface area contributed by atoms with E-state index in [0.717, 1.165) is 0 Å². The van der Waals surface area contributed by atoms with Crippen LogP contribution < -0.4 is 5.32 Å². The van der Waals surface area contributed by atoms with E-state index in [1.54, 1.807) is 26.0 Å². The molecular weight excluding hydrogens is 336 g/mol. The van der Waals surface area contributed by atoms with E-state index in [1.807, 2.05) is 0 Å². The number of ether oxygens (including phenoxy) is 1. The molecule has 8 heteroatoms. The van der Waals surface area contributed by atoms with Crippen molar-refractivity contribution in [2.24, 2.45) is 5.92 Å². The Morgan fingerprint density at radius 1 is 1.25 bits per heavy atom. The summed E-state index contributed by atoms with van der Waals surface area (Å²) < 4.78 is 41.8. The maximum absolute atomic E-state index is 13.2. The molecule has 6 nitrogen and oxygen atoms in total. The lowest BCUT2D eigenvalue weighted by Crippen LogP contribution is -2.28. The first kappa shape index (κ1) is 19.1. The minimum Gasteiger partial charge on any atom is -0.469 e. The number of rotatable bonds is 7. The molecule has 1 fully saturated rings. The number of methoxy groups -OCH3 is 1. The van der Waals surface area contributed by atoms with Gasteiger partial charge in [0.2, 0.25) is 0 Å². The number of hydrogen-bond donors (Lipinski definition) is 1. The minimum absolute atomic E-state index is 0.236. The Labute approximate surface area is 141 Å². The zero-order valence-corrected chi connectivity index (χ0v) is 14.9. The molecular formula is C16H23FNO5P. The van der Waals surface area contributed by atoms with Crippen molar-refractivity contribution in [2.45, 2.75) is 32.1 Å². The van der Waals surface area contributed by atoms with Gasteiger partial charge >= 0.3 is 13.6 Å². The van der Waals surface area contributed by atoms with Gasteiger partial charge < -0.3 is 13.8 Å². The van der Waals surface area contributed by atoms with E-state index in [4.69, 9.17) is 13.8 Å². The second-order valence-corrected chi connectivity index (χ2v) is 7.67. The number of halogens is 1. The highest BCUT2D eigenvalue weighted by Gasteiger charge is 2.48. The molecule has 3 atom stereocenters. The molecule has 0 radical (unpaired) electrons. The Morgan fingerprint density at radius 3 is 2.33 bits per heavy atom. The summed E-state index contributed by atoms with van der Waals surface area (Å²) in [5, 5.41) is 3.17. The van der Waals surface area contributed by atoms with E-state index in [1.165, 1.54) is 19.2 Å². The van der Waals surface area contributed by atoms with Crippen molar-refractivity contribution in [3.05, 3.63) is 35.6 Å². The highest BCUT2D eigenvalue weighted by Crippen LogP contribution is 2.57. The van der Waals surface area contributed by atoms with Crippen LogP contribution in [0.15, 0.2) is 24.3 Å². The van der Waals surface area contributed by atoms with Gasteiger partial charge in [0, 0.05) is 6.04 Å². The van der Waals surface area contributed by atoms with Crippen LogP contribution in [0.25, 0.3) is 0 Å². The molecule has 1 aliphatic rings. The molecule has 0 bridgehead atoms. The van der Waals surface area contributed by atoms with Crippen molar-refractivity contribution in [1.29, 1.82) is 0 Å². The van der Waals surface area contributed by atoms with Crippen molar-refractivity contribution in [3.8, 4) is 0 Å². The van der Waals surface area contributed by atoms with E-state index in [9.17, 15) is 13.8 Å². The van der Waals surface area contributed by atoms with Gasteiger partial charge in [0.1, 0.15) is 11.6 Å². The Kier molecular flexibility index (Phi) is 6.52. The average molecular weight is 359 g/mol. The molecule has 1 heterocycles. The third-order valence-corrected chi connectivity index (χ3v) is 6.34. The molecule has 134 valence electrons. The van der Waals surface area contributed by atoms with Gasteiger partial charge in [0.25, 0.3) is 0 Å². The van der Waals surface area contributed by atoms with E-state index in [0.29, 0.717) is 5.56 Å². The van der Waals surface area contributed by atoms with Crippen LogP contribution in [0.2, 0.25) is 0 Å². The zero-order valence-electron chi connectivity index (χ0n) is 14.0. The summed E-state index contributed by atoms with van der Waals surface area (Å²) in [6.45, 7) is 3.94. The molecule has 1 saturated heterocycles. The van der Waals surface area contributed by atoms with Crippen LogP contribution in [0.1, 0.15) is 31.9 Å². The first-order valence-corrected chi connectivity index (χ1v) is 9.54. The number of esters is 1. The van der Waals surface area contributed by atoms with E-state index < -0.39 is 31.3 Å². The van der Waals surface area contributed by atoms with Crippen molar-refractivity contribution in [1.82, 2.24) is 5.32 Å². The molecule has 1 N–H and O–H groups in total. The molecule has 0 saturated carbocycles. The largest absolute Gasteiger partial charge is 0.469 e. The second-order valence-electron chi connectivity index (χ2n) is 5.45. The van der Waals surface area contributed by atoms with Crippen LogP contribution in [0.5, 0.6) is 0 Å². The molecule has 0 aliphatic carbocycles. The predicted octanol–water partition coefficient (Wildman–Crippen LogP) is 3.24. The predicted molar refractivity (Wildman–Crippen MR) is 87.0 cm³/mol. The van der Waals surface area contributed by atoms with Gasteiger partial charge in [-0.1, -0.05) is 12.1 Å². The maximum atomic E-state index is 13.2. The van der Waals surface area contributed by atoms with Gasteiger partial charge in [-0.2, -0.15) is 0 Å². The summed E-state index contributed by atoms with van der Waals surface area (Å²) in [5.41, 5.74) is 0.717. The highest BCUT2D eigenvalue weighted by molar-refractivity contribution is 7.54. The van der Waals surface area contributed by atoms with Crippen molar-refractivity contribution < 1.29 is 27.5 Å². The molecule has 1 aromatic carbocycles. The Hall–Kier alpha value is -1.27. The van der Waals surface area contributed by atoms with E-state index >= 15 is 0 Å². The molecule has 1 aliphatic heterocycles. The van der Waals surface area contributed by atoms with Gasteiger partial charge in [-0.25, -0.2) is 4.39 Å². The highest BCUT2D eigenvalue weighted by atomic mass is 31.2. The summed E-state index contributed by atoms with van der Waals surface area (Å²) in [5.74, 6) is -1.97. The third kappa shape index (κ3) is 4.03. The van der Waals surface area contributed by atoms with Gasteiger partial charge in [-0.05, 0) is 38.0 Å². The van der Waals surface area contributed by atoms with Crippen LogP contribution in [-0.4, -0.2) is 32.1 Å². The van der Waals surface area contributed by atoms with Crippen molar-refractivity contribution in [2.75, 3.05) is 20.3 Å². The minimum atomic E-state index is -3.41. The molecule has 0 amide bonds. The average Bonchev–Trinajstić information content (AvgIpc) is 3.01. The Bertz CT molecular complexity index is 599. The molecule has 0 aromatic heterocycles. The first-order chi connectivity index (χ1) is 11.4. The normalized spacial score (nSPS) is 24.1. The zero-order chi connectivity index (χ0) is 17.7. The fourth-order valence-electron chi connectivity index (χ4n) is 2.95. The summed E-state index contributed by atoms with van der Waals surface area (Å²) in [7, 11) is -2.11. The standard InChI is InChI=1S/C16H23FNO5P/c1-4-22-24(20,23-5-2)14-10-13(16(19)21-3)15(18-14)11-6-8-12(17)9-7-11/h6-9,13-15,18H,4-5,10H2,1-3H3/t13-,14+,15-/m0/s1. The smallest absolute Gasteiger partial charge is 0.347 e. The molecule has 24 heavy (non-hydrogen) atoms. The molecule has 0 spiro atoms. The maximum Gasteiger partial charge on any atom is 0.347 e. The van der Waals surface area contributed by atoms with Crippen LogP contribution >= 0.6 is 7.60 Å². The van der Waals surface area contributed by atoms with E-state index in [-0.39, 0.29) is 25.5 Å². The number of benzene rings is 1. The fourth-order valence-corrected chi connectivity index (χ4v) is 4.93. The summed E-state index contributed by atoms with van der Waals surface area (Å²) in [6.07, 6.45) is 0.256. The van der Waals surface area contributed by atoms with Gasteiger partial charge in [0.15, 0.2) is 0 Å². The Morgan fingerprint density at radius 2 is 1.83 bits per heavy atom. The topological polar surface area (TPSA) is 73.9 Å². The number of carbonyl (C=O) groups excluding carboxylic acids is 1. The number of nitrogens with one attached hydrogen (secondary N) is 1. The number of hydrogen-bond acceptors (Lipinski definition) is 6. The summed E-state index contributed by atoms with van der Waals surface area (Å²) >= 11 is 0. The second kappa shape index (κ2) is 8.21. The van der Waals surface area contributed by atoms with Crippen molar-refractivity contribution >= 4 is 13.6 Å². The molecule has 0 unspecified atom stereocenters. The summed E-state index contributed by atoms with van der Waals surface area (Å²) in [6, 6.07) is 5.39. The van der Waals surface area contributed by atoms with E-state index in [2.05, 4.69) is 5.32 Å². The lowest BCUT2D eigenvalue weighted by Gasteiger charge is -2.23. The van der Waals surface area contributed by atoms with Crippen LogP contribution in [0.4, 0.5) is 4.39 Å². The molecule has 2 rings (SSSR count). The lowest BCUT2D eigenvalue weighted by molar-refractivity contribution is -0.145. The Balaban J connectivity index is 2.30. The molecule has 1 aromatic rings. The number of carbonyl (C=O) groups is 1. The monoisotopic (exact) mass is 359 g/mol. The van der Waals surface area contributed by atoms with Crippen LogP contribution in [0, 0.1) is 11.7 Å². The SMILES string of the molecule is CCOP(=O)(OCC)[C@@H]1C[C@H](C(=O)OC)[C@H](c2ccc(F)cc2)N1. The van der Waals surface area contributed by atoms with Crippen LogP contribution in [-0.2, 0) is 23.1 Å². The van der Waals surface area contributed by atoms with Crippen molar-refractivity contribution in [3.63, 3.8) is 0 Å². The lowest BCUT2D eigenvalue weighted by atomic mass is 9.94. The van der Waals surface area contributed by atoms with Crippen LogP contribution in [0.3, 0.4) is 0 Å². The van der Waals surface area contributed by atoms with Gasteiger partial charge in [-0.15, -0.1) is 0 Å². The fraction of sp³-hybridized carbons (Fsp3) is 0.562. The van der Waals surface area contributed by atoms with Gasteiger partial charge in [0.05, 0.1) is 26.2 Å². The first-order valence-electron chi connectivity index (χ1n) is 7.93. The quantitative estimate of drug-likeness (QED) is 0.595. The summed E-state index contributed by atoms with van der Waals surface area (Å²) in [4.78, 5) is 12.1.